The normalized spacial score (nSPS) is 16.0. The highest BCUT2D eigenvalue weighted by Crippen LogP contribution is 2.24. The summed E-state index contributed by atoms with van der Waals surface area (Å²) < 4.78 is 13.9. The van der Waals surface area contributed by atoms with Crippen molar-refractivity contribution in [2.45, 2.75) is 32.2 Å². The second-order valence-electron chi connectivity index (χ2n) is 5.47. The van der Waals surface area contributed by atoms with Crippen LogP contribution < -0.4 is 10.2 Å². The summed E-state index contributed by atoms with van der Waals surface area (Å²) in [6.07, 6.45) is 4.14. The highest BCUT2D eigenvalue weighted by molar-refractivity contribution is 7.98. The predicted molar refractivity (Wildman–Crippen MR) is 87.9 cm³/mol. The van der Waals surface area contributed by atoms with Gasteiger partial charge in [-0.05, 0) is 50.0 Å². The number of benzene rings is 1. The molecule has 1 aromatic rings. The Balaban J connectivity index is 2.12. The van der Waals surface area contributed by atoms with E-state index in [0.29, 0.717) is 18.7 Å². The minimum absolute atomic E-state index is 0.00629. The molecule has 1 aliphatic heterocycles. The van der Waals surface area contributed by atoms with Gasteiger partial charge in [-0.3, -0.25) is 9.59 Å². The molecule has 1 aromatic carbocycles. The summed E-state index contributed by atoms with van der Waals surface area (Å²) in [6.45, 7) is 2.52. The number of carbonyl (C=O) groups is 2. The van der Waals surface area contributed by atoms with E-state index in [-0.39, 0.29) is 17.5 Å². The van der Waals surface area contributed by atoms with Gasteiger partial charge in [0.2, 0.25) is 5.91 Å². The highest BCUT2D eigenvalue weighted by atomic mass is 32.2. The molecule has 0 saturated carbocycles. The van der Waals surface area contributed by atoms with Crippen molar-refractivity contribution in [2.75, 3.05) is 23.5 Å². The van der Waals surface area contributed by atoms with E-state index >= 15 is 0 Å². The summed E-state index contributed by atoms with van der Waals surface area (Å²) in [4.78, 5) is 25.6. The summed E-state index contributed by atoms with van der Waals surface area (Å²) >= 11 is 1.71. The first-order valence-electron chi connectivity index (χ1n) is 7.42. The number of rotatable bonds is 6. The van der Waals surface area contributed by atoms with Crippen LogP contribution in [0.1, 0.15) is 36.5 Å². The van der Waals surface area contributed by atoms with Crippen LogP contribution in [0.3, 0.4) is 0 Å². The number of thioether (sulfide) groups is 1. The Morgan fingerprint density at radius 1 is 1.50 bits per heavy atom. The van der Waals surface area contributed by atoms with Gasteiger partial charge in [0.05, 0.1) is 5.56 Å². The number of hydrogen-bond donors (Lipinski definition) is 1. The molecule has 2 rings (SSSR count). The fraction of sp³-hybridized carbons (Fsp3) is 0.500. The number of nitrogens with zero attached hydrogens (tertiary/aromatic N) is 1. The molecule has 0 radical (unpaired) electrons. The van der Waals surface area contributed by atoms with Crippen LogP contribution in [0.5, 0.6) is 0 Å². The molecule has 0 spiro atoms. The van der Waals surface area contributed by atoms with Gasteiger partial charge in [0, 0.05) is 24.7 Å². The van der Waals surface area contributed by atoms with Gasteiger partial charge in [0.1, 0.15) is 5.82 Å². The lowest BCUT2D eigenvalue weighted by atomic mass is 10.1. The lowest BCUT2D eigenvalue weighted by Crippen LogP contribution is -2.33. The van der Waals surface area contributed by atoms with Crippen LogP contribution in [0, 0.1) is 5.82 Å². The maximum atomic E-state index is 13.9. The van der Waals surface area contributed by atoms with E-state index in [0.717, 1.165) is 18.6 Å². The Hall–Kier alpha value is -1.56. The monoisotopic (exact) mass is 324 g/mol. The molecule has 0 aliphatic carbocycles. The van der Waals surface area contributed by atoms with E-state index in [1.54, 1.807) is 22.7 Å². The third kappa shape index (κ3) is 4.00. The van der Waals surface area contributed by atoms with Crippen LogP contribution in [0.15, 0.2) is 18.2 Å². The minimum atomic E-state index is -0.565. The molecular weight excluding hydrogens is 303 g/mol. The minimum Gasteiger partial charge on any atom is -0.349 e. The van der Waals surface area contributed by atoms with Crippen molar-refractivity contribution in [1.82, 2.24) is 5.32 Å². The zero-order chi connectivity index (χ0) is 16.1. The van der Waals surface area contributed by atoms with E-state index in [9.17, 15) is 14.0 Å². The van der Waals surface area contributed by atoms with Crippen molar-refractivity contribution in [3.05, 3.63) is 29.6 Å². The zero-order valence-corrected chi connectivity index (χ0v) is 13.7. The summed E-state index contributed by atoms with van der Waals surface area (Å²) in [6, 6.07) is 4.25. The molecule has 0 bridgehead atoms. The van der Waals surface area contributed by atoms with Gasteiger partial charge in [-0.25, -0.2) is 4.39 Å². The van der Waals surface area contributed by atoms with E-state index in [1.165, 1.54) is 12.1 Å². The molecule has 6 heteroatoms. The Morgan fingerprint density at radius 2 is 2.27 bits per heavy atom. The average Bonchev–Trinajstić information content (AvgIpc) is 2.91. The van der Waals surface area contributed by atoms with Gasteiger partial charge in [-0.2, -0.15) is 11.8 Å². The van der Waals surface area contributed by atoms with Crippen LogP contribution in [0.2, 0.25) is 0 Å². The highest BCUT2D eigenvalue weighted by Gasteiger charge is 2.23. The fourth-order valence-electron chi connectivity index (χ4n) is 2.44. The molecule has 1 atom stereocenters. The summed E-state index contributed by atoms with van der Waals surface area (Å²) in [5.41, 5.74) is 0.582. The SMILES string of the molecule is CSCC[C@H](C)NC(=O)c1cc(N2CCCC2=O)ccc1F. The van der Waals surface area contributed by atoms with Crippen molar-refractivity contribution in [3.63, 3.8) is 0 Å². The molecule has 1 N–H and O–H groups in total. The van der Waals surface area contributed by atoms with Crippen LogP contribution in [-0.2, 0) is 4.79 Å². The van der Waals surface area contributed by atoms with Gasteiger partial charge in [-0.1, -0.05) is 0 Å². The van der Waals surface area contributed by atoms with E-state index in [1.807, 2.05) is 13.2 Å². The topological polar surface area (TPSA) is 49.4 Å². The number of hydrogen-bond acceptors (Lipinski definition) is 3. The number of nitrogens with one attached hydrogen (secondary N) is 1. The standard InChI is InChI=1S/C16H21FN2O2S/c1-11(7-9-22-2)18-16(21)13-10-12(5-6-14(13)17)19-8-3-4-15(19)20/h5-6,10-11H,3-4,7-9H2,1-2H3,(H,18,21)/t11-/m0/s1. The molecule has 0 aromatic heterocycles. The fourth-order valence-corrected chi connectivity index (χ4v) is 3.03. The van der Waals surface area contributed by atoms with Crippen LogP contribution in [-0.4, -0.2) is 36.4 Å². The van der Waals surface area contributed by atoms with Crippen LogP contribution in [0.4, 0.5) is 10.1 Å². The molecule has 1 heterocycles. The molecule has 2 amide bonds. The molecular formula is C16H21FN2O2S. The smallest absolute Gasteiger partial charge is 0.254 e. The lowest BCUT2D eigenvalue weighted by molar-refractivity contribution is -0.117. The number of amides is 2. The molecule has 1 saturated heterocycles. The predicted octanol–water partition coefficient (Wildman–Crippen LogP) is 2.82. The molecule has 0 unspecified atom stereocenters. The quantitative estimate of drug-likeness (QED) is 0.875. The van der Waals surface area contributed by atoms with Gasteiger partial charge >= 0.3 is 0 Å². The third-order valence-corrected chi connectivity index (χ3v) is 4.36. The summed E-state index contributed by atoms with van der Waals surface area (Å²) in [7, 11) is 0. The maximum Gasteiger partial charge on any atom is 0.254 e. The third-order valence-electron chi connectivity index (χ3n) is 3.71. The largest absolute Gasteiger partial charge is 0.349 e. The van der Waals surface area contributed by atoms with Crippen LogP contribution in [0.25, 0.3) is 0 Å². The Morgan fingerprint density at radius 3 is 2.91 bits per heavy atom. The number of carbonyl (C=O) groups excluding carboxylic acids is 2. The molecule has 4 nitrogen and oxygen atoms in total. The Kier molecular flexibility index (Phi) is 5.83. The second-order valence-corrected chi connectivity index (χ2v) is 6.45. The first-order chi connectivity index (χ1) is 10.5. The van der Waals surface area contributed by atoms with Crippen molar-refractivity contribution < 1.29 is 14.0 Å². The van der Waals surface area contributed by atoms with E-state index < -0.39 is 11.7 Å². The average molecular weight is 324 g/mol. The van der Waals surface area contributed by atoms with Crippen LogP contribution >= 0.6 is 11.8 Å². The first-order valence-corrected chi connectivity index (χ1v) is 8.82. The zero-order valence-electron chi connectivity index (χ0n) is 12.9. The van der Waals surface area contributed by atoms with Crippen molar-refractivity contribution in [1.29, 1.82) is 0 Å². The lowest BCUT2D eigenvalue weighted by Gasteiger charge is -2.18. The summed E-state index contributed by atoms with van der Waals surface area (Å²) in [5, 5.41) is 2.81. The Labute approximate surface area is 134 Å². The van der Waals surface area contributed by atoms with Crippen molar-refractivity contribution in [2.24, 2.45) is 0 Å². The van der Waals surface area contributed by atoms with E-state index in [2.05, 4.69) is 5.32 Å². The van der Waals surface area contributed by atoms with Gasteiger partial charge < -0.3 is 10.2 Å². The Bertz CT molecular complexity index is 565. The number of halogens is 1. The van der Waals surface area contributed by atoms with Gasteiger partial charge in [0.25, 0.3) is 5.91 Å². The van der Waals surface area contributed by atoms with Crippen molar-refractivity contribution in [3.8, 4) is 0 Å². The van der Waals surface area contributed by atoms with Crippen molar-refractivity contribution >= 4 is 29.3 Å². The number of anilines is 1. The summed E-state index contributed by atoms with van der Waals surface area (Å²) in [5.74, 6) is -0.0393. The second kappa shape index (κ2) is 7.63. The molecule has 1 fully saturated rings. The first kappa shape index (κ1) is 16.8. The van der Waals surface area contributed by atoms with E-state index in [4.69, 9.17) is 0 Å². The van der Waals surface area contributed by atoms with Gasteiger partial charge in [-0.15, -0.1) is 0 Å². The molecule has 120 valence electrons. The molecule has 22 heavy (non-hydrogen) atoms. The molecule has 1 aliphatic rings. The maximum absolute atomic E-state index is 13.9. The van der Waals surface area contributed by atoms with Gasteiger partial charge in [0.15, 0.2) is 0 Å².